The zero-order chi connectivity index (χ0) is 28.6. The van der Waals surface area contributed by atoms with Crippen molar-refractivity contribution in [2.45, 2.75) is 104 Å². The van der Waals surface area contributed by atoms with Crippen molar-refractivity contribution in [1.29, 1.82) is 0 Å². The Morgan fingerprint density at radius 1 is 1.08 bits per heavy atom. The Kier molecular flexibility index (Phi) is 8.54. The number of carbonyl (C=O) groups is 1. The highest BCUT2D eigenvalue weighted by molar-refractivity contribution is 6.03. The Morgan fingerprint density at radius 2 is 1.77 bits per heavy atom. The standard InChI is InChI=1S/C34H50N2O3/c1-10-34(8)23(2)30(36(9)22-24-15-16-24)31(37)26-18-17-25(21-27(26)34)35-28-13-11-12-14-29(28)39-33(6,7)19-20-38-32(3,4)5/h11-14,17-18,21,23-24,30,35H,10,15-16,19-20,22H2,1-9H3/t23-,30?,34+/m0/s1. The fourth-order valence-electron chi connectivity index (χ4n) is 5.97. The van der Waals surface area contributed by atoms with Crippen molar-refractivity contribution in [1.82, 2.24) is 4.90 Å². The number of ketones is 1. The maximum Gasteiger partial charge on any atom is 0.180 e. The smallest absolute Gasteiger partial charge is 0.180 e. The number of rotatable bonds is 11. The van der Waals surface area contributed by atoms with E-state index in [1.807, 2.05) is 36.4 Å². The fourth-order valence-corrected chi connectivity index (χ4v) is 5.97. The first-order valence-corrected chi connectivity index (χ1v) is 14.8. The molecule has 2 aliphatic rings. The normalized spacial score (nSPS) is 23.6. The molecule has 4 rings (SSSR count). The first-order valence-electron chi connectivity index (χ1n) is 14.8. The number of nitrogens with one attached hydrogen (secondary N) is 1. The molecule has 0 aliphatic heterocycles. The Morgan fingerprint density at radius 3 is 2.41 bits per heavy atom. The maximum atomic E-state index is 13.8. The largest absolute Gasteiger partial charge is 0.486 e. The van der Waals surface area contributed by atoms with Crippen LogP contribution in [0.15, 0.2) is 42.5 Å². The molecule has 0 spiro atoms. The van der Waals surface area contributed by atoms with E-state index in [9.17, 15) is 4.79 Å². The summed E-state index contributed by atoms with van der Waals surface area (Å²) < 4.78 is 12.5. The summed E-state index contributed by atoms with van der Waals surface area (Å²) in [5.41, 5.74) is 3.28. The van der Waals surface area contributed by atoms with Crippen molar-refractivity contribution in [2.24, 2.45) is 11.8 Å². The van der Waals surface area contributed by atoms with Crippen molar-refractivity contribution in [3.05, 3.63) is 53.6 Å². The molecular weight excluding hydrogens is 484 g/mol. The van der Waals surface area contributed by atoms with Gasteiger partial charge in [-0.15, -0.1) is 0 Å². The Labute approximate surface area is 236 Å². The summed E-state index contributed by atoms with van der Waals surface area (Å²) in [6.07, 6.45) is 4.35. The van der Waals surface area contributed by atoms with Crippen LogP contribution in [-0.2, 0) is 10.2 Å². The van der Waals surface area contributed by atoms with E-state index in [0.717, 1.165) is 53.6 Å². The number of carbonyl (C=O) groups excluding carboxylic acids is 1. The third-order valence-electron chi connectivity index (χ3n) is 8.89. The van der Waals surface area contributed by atoms with Gasteiger partial charge in [0.05, 0.1) is 23.9 Å². The SMILES string of the molecule is CC[C@@]1(C)c2cc(Nc3ccccc3OC(C)(C)CCOC(C)(C)C)ccc2C(=O)C(N(C)CC2CC2)[C@@H]1C. The molecular formula is C34H50N2O3. The number of para-hydroxylation sites is 2. The molecule has 0 heterocycles. The lowest BCUT2D eigenvalue weighted by Gasteiger charge is -2.47. The molecule has 0 saturated heterocycles. The minimum Gasteiger partial charge on any atom is -0.486 e. The molecule has 0 aromatic heterocycles. The van der Waals surface area contributed by atoms with Crippen molar-refractivity contribution in [3.8, 4) is 5.75 Å². The maximum absolute atomic E-state index is 13.8. The molecule has 5 heteroatoms. The zero-order valence-corrected chi connectivity index (χ0v) is 25.7. The third-order valence-corrected chi connectivity index (χ3v) is 8.89. The van der Waals surface area contributed by atoms with Gasteiger partial charge in [-0.3, -0.25) is 9.69 Å². The van der Waals surface area contributed by atoms with E-state index < -0.39 is 0 Å². The summed E-state index contributed by atoms with van der Waals surface area (Å²) in [4.78, 5) is 16.1. The zero-order valence-electron chi connectivity index (χ0n) is 25.7. The summed E-state index contributed by atoms with van der Waals surface area (Å²) in [5, 5.41) is 3.61. The lowest BCUT2D eigenvalue weighted by Crippen LogP contribution is -2.54. The van der Waals surface area contributed by atoms with Crippen molar-refractivity contribution >= 4 is 17.2 Å². The average molecular weight is 535 g/mol. The molecule has 39 heavy (non-hydrogen) atoms. The molecule has 3 atom stereocenters. The summed E-state index contributed by atoms with van der Waals surface area (Å²) in [6, 6.07) is 14.3. The van der Waals surface area contributed by atoms with Crippen LogP contribution < -0.4 is 10.1 Å². The first kappa shape index (κ1) is 29.6. The average Bonchev–Trinajstić information content (AvgIpc) is 3.66. The predicted molar refractivity (Wildman–Crippen MR) is 161 cm³/mol. The van der Waals surface area contributed by atoms with E-state index >= 15 is 0 Å². The molecule has 1 N–H and O–H groups in total. The van der Waals surface area contributed by atoms with Gasteiger partial charge in [0.25, 0.3) is 0 Å². The van der Waals surface area contributed by atoms with Gasteiger partial charge in [0.2, 0.25) is 0 Å². The Bertz CT molecular complexity index is 1160. The predicted octanol–water partition coefficient (Wildman–Crippen LogP) is 8.00. The number of nitrogens with zero attached hydrogens (tertiary/aromatic N) is 1. The highest BCUT2D eigenvalue weighted by Gasteiger charge is 2.48. The lowest BCUT2D eigenvalue weighted by atomic mass is 9.61. The van der Waals surface area contributed by atoms with E-state index in [4.69, 9.17) is 9.47 Å². The van der Waals surface area contributed by atoms with E-state index in [-0.39, 0.29) is 34.4 Å². The minimum absolute atomic E-state index is 0.0690. The van der Waals surface area contributed by atoms with E-state index in [1.165, 1.54) is 12.8 Å². The van der Waals surface area contributed by atoms with Gasteiger partial charge in [0, 0.05) is 24.2 Å². The van der Waals surface area contributed by atoms with Gasteiger partial charge in [-0.25, -0.2) is 0 Å². The van der Waals surface area contributed by atoms with Crippen LogP contribution in [0.5, 0.6) is 5.75 Å². The number of likely N-dealkylation sites (N-methyl/N-ethyl adjacent to an activating group) is 1. The van der Waals surface area contributed by atoms with Gasteiger partial charge in [0.15, 0.2) is 5.78 Å². The van der Waals surface area contributed by atoms with Gasteiger partial charge >= 0.3 is 0 Å². The Balaban J connectivity index is 1.56. The lowest BCUT2D eigenvalue weighted by molar-refractivity contribution is -0.0291. The van der Waals surface area contributed by atoms with Crippen LogP contribution in [0.4, 0.5) is 11.4 Å². The summed E-state index contributed by atoms with van der Waals surface area (Å²) in [5.74, 6) is 2.06. The number of anilines is 2. The molecule has 0 radical (unpaired) electrons. The second-order valence-electron chi connectivity index (χ2n) is 13.7. The summed E-state index contributed by atoms with van der Waals surface area (Å²) in [7, 11) is 2.14. The van der Waals surface area contributed by atoms with Crippen molar-refractivity contribution in [2.75, 3.05) is 25.5 Å². The van der Waals surface area contributed by atoms with Gasteiger partial charge in [-0.05, 0) is 114 Å². The number of benzene rings is 2. The van der Waals surface area contributed by atoms with Gasteiger partial charge in [-0.1, -0.05) is 32.9 Å². The summed E-state index contributed by atoms with van der Waals surface area (Å²) in [6.45, 7) is 18.9. The molecule has 0 amide bonds. The highest BCUT2D eigenvalue weighted by Crippen LogP contribution is 2.47. The number of Topliss-reactive ketones (excluding diaryl/α,β-unsaturated/α-hetero) is 1. The van der Waals surface area contributed by atoms with Crippen LogP contribution in [0.25, 0.3) is 0 Å². The molecule has 5 nitrogen and oxygen atoms in total. The quantitative estimate of drug-likeness (QED) is 0.316. The van der Waals surface area contributed by atoms with Crippen LogP contribution in [0, 0.1) is 11.8 Å². The number of fused-ring (bicyclic) bond motifs is 1. The number of ether oxygens (including phenoxy) is 2. The first-order chi connectivity index (χ1) is 18.2. The molecule has 1 saturated carbocycles. The molecule has 1 unspecified atom stereocenters. The van der Waals surface area contributed by atoms with Gasteiger partial charge in [0.1, 0.15) is 11.4 Å². The highest BCUT2D eigenvalue weighted by atomic mass is 16.5. The summed E-state index contributed by atoms with van der Waals surface area (Å²) >= 11 is 0. The molecule has 2 aromatic rings. The van der Waals surface area contributed by atoms with Gasteiger partial charge in [-0.2, -0.15) is 0 Å². The third kappa shape index (κ3) is 6.86. The van der Waals surface area contributed by atoms with Crippen LogP contribution in [0.1, 0.15) is 97.0 Å². The van der Waals surface area contributed by atoms with E-state index in [2.05, 4.69) is 78.7 Å². The topological polar surface area (TPSA) is 50.8 Å². The Hall–Kier alpha value is -2.37. The second kappa shape index (κ2) is 11.2. The van der Waals surface area contributed by atoms with Crippen molar-refractivity contribution in [3.63, 3.8) is 0 Å². The minimum atomic E-state index is -0.386. The van der Waals surface area contributed by atoms with E-state index in [1.54, 1.807) is 0 Å². The monoisotopic (exact) mass is 534 g/mol. The van der Waals surface area contributed by atoms with Crippen LogP contribution in [0.2, 0.25) is 0 Å². The molecule has 1 fully saturated rings. The number of hydrogen-bond acceptors (Lipinski definition) is 5. The second-order valence-corrected chi connectivity index (χ2v) is 13.7. The molecule has 2 aliphatic carbocycles. The van der Waals surface area contributed by atoms with Crippen LogP contribution in [0.3, 0.4) is 0 Å². The fraction of sp³-hybridized carbons (Fsp3) is 0.618. The van der Waals surface area contributed by atoms with E-state index in [0.29, 0.717) is 6.61 Å². The molecule has 0 bridgehead atoms. The van der Waals surface area contributed by atoms with Crippen molar-refractivity contribution < 1.29 is 14.3 Å². The van der Waals surface area contributed by atoms with Crippen LogP contribution >= 0.6 is 0 Å². The number of hydrogen-bond donors (Lipinski definition) is 1. The molecule has 2 aromatic carbocycles. The van der Waals surface area contributed by atoms with Crippen LogP contribution in [-0.4, -0.2) is 48.1 Å². The molecule has 214 valence electrons. The van der Waals surface area contributed by atoms with Gasteiger partial charge < -0.3 is 14.8 Å².